The van der Waals surface area contributed by atoms with E-state index in [1.807, 2.05) is 27.7 Å². The van der Waals surface area contributed by atoms with Crippen molar-refractivity contribution in [2.45, 2.75) is 155 Å². The Hall–Kier alpha value is -2.66. The molecule has 0 aliphatic heterocycles. The van der Waals surface area contributed by atoms with E-state index in [4.69, 9.17) is 5.73 Å². The van der Waals surface area contributed by atoms with Gasteiger partial charge in [-0.2, -0.15) is 0 Å². The maximum absolute atomic E-state index is 9.59. The molecule has 0 rings (SSSR count). The number of thiocarbonyl (C=S) groups is 1. The molecular weight excluding hydrogens is 534 g/mol. The molecule has 0 aromatic rings. The van der Waals surface area contributed by atoms with E-state index in [0.717, 1.165) is 0 Å². The van der Waals surface area contributed by atoms with E-state index in [9.17, 15) is 14.4 Å². The molecule has 0 fully saturated rings. The maximum Gasteiger partial charge on any atom is 0.302 e. The summed E-state index contributed by atoms with van der Waals surface area (Å²) in [5.41, 5.74) is 19.5. The smallest absolute Gasteiger partial charge is 0.302 e. The van der Waals surface area contributed by atoms with Crippen LogP contribution >= 0.6 is 12.2 Å². The Morgan fingerprint density at radius 3 is 0.585 bits per heavy atom. The Morgan fingerprint density at radius 2 is 0.585 bits per heavy atom. The molecule has 0 bridgehead atoms. The molecule has 8 heteroatoms. The van der Waals surface area contributed by atoms with Crippen LogP contribution in [0.5, 0.6) is 0 Å². The molecule has 0 aliphatic carbocycles. The van der Waals surface area contributed by atoms with Crippen LogP contribution in [0, 0.1) is 11.8 Å². The van der Waals surface area contributed by atoms with E-state index < -0.39 is 0 Å². The molecule has 0 radical (unpaired) electrons. The number of carbonyl (C=O) groups is 3. The molecule has 7 nitrogen and oxygen atoms in total. The summed E-state index contributed by atoms with van der Waals surface area (Å²) in [6.45, 7) is 30.3. The Bertz CT molecular complexity index is 540. The number of primary amides is 2. The van der Waals surface area contributed by atoms with Crippen LogP contribution in [0.25, 0.3) is 0 Å². The molecule has 0 aromatic heterocycles. The molecule has 0 saturated carbocycles. The predicted octanol–water partition coefficient (Wildman–Crippen LogP) is 10.1. The molecule has 0 heterocycles. The van der Waals surface area contributed by atoms with Crippen molar-refractivity contribution in [1.29, 1.82) is 0 Å². The highest BCUT2D eigenvalue weighted by Gasteiger charge is 1.76. The first-order valence-electron chi connectivity index (χ1n) is 11.0. The van der Waals surface area contributed by atoms with Crippen LogP contribution in [0.4, 0.5) is 0 Å². The van der Waals surface area contributed by atoms with E-state index in [-0.39, 0.29) is 62.3 Å². The van der Waals surface area contributed by atoms with Gasteiger partial charge in [0.1, 0.15) is 0 Å². The molecule has 0 unspecified atom stereocenters. The molecule has 2 amide bonds. The Balaban J connectivity index is -0.0000000168. The Morgan fingerprint density at radius 1 is 0.512 bits per heavy atom. The van der Waals surface area contributed by atoms with Crippen molar-refractivity contribution in [2.24, 2.45) is 17.2 Å². The second-order valence-corrected chi connectivity index (χ2v) is 7.67. The van der Waals surface area contributed by atoms with E-state index in [1.165, 1.54) is 50.2 Å². The minimum atomic E-state index is -0.333. The van der Waals surface area contributed by atoms with Gasteiger partial charge in [0.15, 0.2) is 0 Å². The first-order chi connectivity index (χ1) is 15.7. The van der Waals surface area contributed by atoms with Crippen LogP contribution in [0.15, 0.2) is 22.3 Å². The van der Waals surface area contributed by atoms with Crippen LogP contribution < -0.4 is 17.2 Å². The molecule has 41 heavy (non-hydrogen) atoms. The van der Waals surface area contributed by atoms with Gasteiger partial charge in [-0.3, -0.25) is 14.4 Å². The first-order valence-corrected chi connectivity index (χ1v) is 11.5. The second kappa shape index (κ2) is 83.2. The van der Waals surface area contributed by atoms with Gasteiger partial charge in [0, 0.05) is 20.8 Å². The number of amides is 2. The molecule has 0 aromatic carbocycles. The normalized spacial score (nSPS) is 5.49. The fourth-order valence-electron chi connectivity index (χ4n) is 0. The van der Waals surface area contributed by atoms with Crippen molar-refractivity contribution < 1.29 is 19.1 Å². The third-order valence-corrected chi connectivity index (χ3v) is 2.54. The number of hydrogen-bond acceptors (Lipinski definition) is 5. The third-order valence-electron chi connectivity index (χ3n) is 2.54. The maximum atomic E-state index is 9.59. The summed E-state index contributed by atoms with van der Waals surface area (Å²) in [6, 6.07) is 0. The highest BCUT2D eigenvalue weighted by Crippen LogP contribution is 1.97. The number of ether oxygens (including phenoxy) is 1. The van der Waals surface area contributed by atoms with Gasteiger partial charge in [-0.25, -0.2) is 0 Å². The number of allylic oxidation sites excluding steroid dienone is 4. The molecule has 6 N–H and O–H groups in total. The fraction of sp³-hybridized carbons (Fsp3) is 0.697. The topological polar surface area (TPSA) is 138 Å². The first kappa shape index (κ1) is 90.2. The minimum Gasteiger partial charge on any atom is -0.469 e. The van der Waals surface area contributed by atoms with E-state index in [1.54, 1.807) is 6.92 Å². The highest BCUT2D eigenvalue weighted by atomic mass is 32.1. The van der Waals surface area contributed by atoms with Crippen LogP contribution in [0.1, 0.15) is 155 Å². The number of methoxy groups -OCH3 is 1. The van der Waals surface area contributed by atoms with Crippen LogP contribution in [0.3, 0.4) is 0 Å². The molecule has 0 spiro atoms. The van der Waals surface area contributed by atoms with Gasteiger partial charge < -0.3 is 21.9 Å². The number of rotatable bonds is 0. The van der Waals surface area contributed by atoms with Crippen molar-refractivity contribution in [3.05, 3.63) is 22.3 Å². The molecule has 0 aliphatic rings. The summed E-state index contributed by atoms with van der Waals surface area (Å²) >= 11 is 4.31. The highest BCUT2D eigenvalue weighted by molar-refractivity contribution is 7.80. The standard InChI is InChI=1S/2C6H12.C4H6.C3H6O2.2C2H5NO.C2H5NS.C2H6.6CH4/c2*1-5(2)6(3)4;1-3-4-2;1-3(4)5-2;3*1-2(3)4;1-2;;;;;;/h2*1-4H3;1-2H3;1-2H3;3*1H3,(H2,3,4);1-2H3;6*1H4. The molecular formula is C33H81N3O4S. The monoisotopic (exact) mass is 616 g/mol. The predicted molar refractivity (Wildman–Crippen MR) is 200 cm³/mol. The number of hydrogen-bond donors (Lipinski definition) is 3. The second-order valence-electron chi connectivity index (χ2n) is 7.03. The van der Waals surface area contributed by atoms with Crippen molar-refractivity contribution in [1.82, 2.24) is 0 Å². The molecule has 0 saturated heterocycles. The lowest BCUT2D eigenvalue weighted by molar-refractivity contribution is -0.138. The summed E-state index contributed by atoms with van der Waals surface area (Å²) in [7, 11) is 1.35. The third kappa shape index (κ3) is 670. The van der Waals surface area contributed by atoms with Crippen molar-refractivity contribution in [3.63, 3.8) is 0 Å². The fourth-order valence-corrected chi connectivity index (χ4v) is 0. The van der Waals surface area contributed by atoms with Crippen molar-refractivity contribution in [2.75, 3.05) is 7.11 Å². The summed E-state index contributed by atoms with van der Waals surface area (Å²) in [5.74, 6) is 4.45. The Labute approximate surface area is 267 Å². The molecule has 0 atom stereocenters. The largest absolute Gasteiger partial charge is 0.469 e. The van der Waals surface area contributed by atoms with Gasteiger partial charge in [0.05, 0.1) is 12.1 Å². The van der Waals surface area contributed by atoms with Crippen LogP contribution in [-0.4, -0.2) is 29.9 Å². The van der Waals surface area contributed by atoms with Gasteiger partial charge in [-0.05, 0) is 76.2 Å². The summed E-state index contributed by atoms with van der Waals surface area (Å²) in [4.78, 5) is 28.5. The van der Waals surface area contributed by atoms with Gasteiger partial charge in [-0.15, -0.1) is 11.8 Å². The van der Waals surface area contributed by atoms with Gasteiger partial charge in [0.2, 0.25) is 11.8 Å². The van der Waals surface area contributed by atoms with E-state index >= 15 is 0 Å². The van der Waals surface area contributed by atoms with Gasteiger partial charge in [-0.1, -0.05) is 92.9 Å². The summed E-state index contributed by atoms with van der Waals surface area (Å²) < 4.78 is 4.11. The lowest BCUT2D eigenvalue weighted by atomic mass is 10.2. The average Bonchev–Trinajstić information content (AvgIpc) is 2.69. The number of carbonyl (C=O) groups excluding carboxylic acids is 3. The average molecular weight is 616 g/mol. The summed E-state index contributed by atoms with van der Waals surface area (Å²) in [5, 5.41) is 0. The molecule has 258 valence electrons. The lowest BCUT2D eigenvalue weighted by Gasteiger charge is -1.88. The van der Waals surface area contributed by atoms with Crippen LogP contribution in [-0.2, 0) is 19.1 Å². The number of nitrogens with two attached hydrogens (primary N) is 3. The summed E-state index contributed by atoms with van der Waals surface area (Å²) in [6.07, 6.45) is 0. The quantitative estimate of drug-likeness (QED) is 0.107. The van der Waals surface area contributed by atoms with Gasteiger partial charge in [0.25, 0.3) is 0 Å². The van der Waals surface area contributed by atoms with Crippen molar-refractivity contribution in [3.8, 4) is 11.8 Å². The zero-order chi connectivity index (χ0) is 30.7. The van der Waals surface area contributed by atoms with Gasteiger partial charge >= 0.3 is 5.97 Å². The van der Waals surface area contributed by atoms with E-state index in [0.29, 0.717) is 4.99 Å². The minimum absolute atomic E-state index is 0. The zero-order valence-corrected chi connectivity index (χ0v) is 26.6. The SMILES string of the molecule is C.C.C.C.C.C.CC.CC#CC.CC(C)=C(C)C.CC(C)=C(C)C.CC(N)=O.CC(N)=O.CC(N)=S.COC(C)=O. The lowest BCUT2D eigenvalue weighted by Crippen LogP contribution is -2.01. The van der Waals surface area contributed by atoms with Crippen molar-refractivity contribution >= 4 is 35.0 Å². The zero-order valence-electron chi connectivity index (χ0n) is 25.8. The van der Waals surface area contributed by atoms with E-state index in [2.05, 4.69) is 95.7 Å². The number of esters is 1. The van der Waals surface area contributed by atoms with Crippen LogP contribution in [0.2, 0.25) is 0 Å². The Kier molecular flexibility index (Phi) is 183.